The zero-order chi connectivity index (χ0) is 18.8. The number of rotatable bonds is 4. The van der Waals surface area contributed by atoms with Gasteiger partial charge in [0.1, 0.15) is 19.3 Å². The van der Waals surface area contributed by atoms with Gasteiger partial charge in [0.15, 0.2) is 11.5 Å². The lowest BCUT2D eigenvalue weighted by atomic mass is 10.1. The molecule has 27 heavy (non-hydrogen) atoms. The van der Waals surface area contributed by atoms with Crippen molar-refractivity contribution in [2.75, 3.05) is 13.2 Å². The number of carbonyl (C=O) groups excluding carboxylic acids is 1. The van der Waals surface area contributed by atoms with Gasteiger partial charge in [0.05, 0.1) is 13.1 Å². The monoisotopic (exact) mass is 384 g/mol. The molecule has 3 heterocycles. The minimum atomic E-state index is 0.0267. The average molecular weight is 384 g/mol. The molecule has 1 amide bonds. The first-order chi connectivity index (χ1) is 13.1. The van der Waals surface area contributed by atoms with Crippen LogP contribution >= 0.6 is 11.3 Å². The second kappa shape index (κ2) is 7.40. The Hall–Kier alpha value is -2.87. The van der Waals surface area contributed by atoms with Crippen molar-refractivity contribution in [1.82, 2.24) is 19.7 Å². The summed E-state index contributed by atoms with van der Waals surface area (Å²) in [6.07, 6.45) is 3.40. The lowest BCUT2D eigenvalue weighted by molar-refractivity contribution is -0.132. The van der Waals surface area contributed by atoms with Crippen LogP contribution < -0.4 is 4.74 Å². The number of carbonyl (C=O) groups is 1. The largest absolute Gasteiger partial charge is 0.504 e. The maximum atomic E-state index is 12.6. The SMILES string of the molecule is Cc1ccc(-c2cc(O)c3c(c2)CN(C(=O)CCn2cncn2)CCO3)s1. The molecule has 3 aromatic rings. The van der Waals surface area contributed by atoms with Crippen LogP contribution in [-0.4, -0.2) is 43.8 Å². The number of aromatic nitrogens is 3. The Kier molecular flexibility index (Phi) is 4.81. The van der Waals surface area contributed by atoms with Gasteiger partial charge < -0.3 is 14.7 Å². The van der Waals surface area contributed by atoms with Crippen LogP contribution in [0.25, 0.3) is 10.4 Å². The number of aryl methyl sites for hydroxylation is 2. The minimum Gasteiger partial charge on any atom is -0.504 e. The molecule has 1 aliphatic heterocycles. The molecule has 0 atom stereocenters. The highest BCUT2D eigenvalue weighted by atomic mass is 32.1. The van der Waals surface area contributed by atoms with Crippen LogP contribution in [0.1, 0.15) is 16.9 Å². The normalized spacial score (nSPS) is 13.7. The fraction of sp³-hybridized carbons (Fsp3) is 0.316. The molecule has 0 saturated heterocycles. The zero-order valence-corrected chi connectivity index (χ0v) is 15.8. The third-order valence-electron chi connectivity index (χ3n) is 4.51. The van der Waals surface area contributed by atoms with Crippen molar-refractivity contribution in [3.05, 3.63) is 47.4 Å². The van der Waals surface area contributed by atoms with E-state index >= 15 is 0 Å². The smallest absolute Gasteiger partial charge is 0.224 e. The maximum Gasteiger partial charge on any atom is 0.224 e. The molecule has 1 aromatic carbocycles. The van der Waals surface area contributed by atoms with E-state index in [9.17, 15) is 9.90 Å². The highest BCUT2D eigenvalue weighted by Gasteiger charge is 2.23. The first-order valence-corrected chi connectivity index (χ1v) is 9.57. The molecular weight excluding hydrogens is 364 g/mol. The van der Waals surface area contributed by atoms with Gasteiger partial charge in [-0.2, -0.15) is 5.10 Å². The summed E-state index contributed by atoms with van der Waals surface area (Å²) in [5, 5.41) is 14.5. The second-order valence-corrected chi connectivity index (χ2v) is 7.75. The van der Waals surface area contributed by atoms with Crippen LogP contribution in [0.15, 0.2) is 36.9 Å². The van der Waals surface area contributed by atoms with E-state index in [1.165, 1.54) is 11.2 Å². The van der Waals surface area contributed by atoms with E-state index in [1.54, 1.807) is 33.3 Å². The van der Waals surface area contributed by atoms with Gasteiger partial charge in [0, 0.05) is 28.3 Å². The highest BCUT2D eigenvalue weighted by molar-refractivity contribution is 7.15. The average Bonchev–Trinajstić information content (AvgIpc) is 3.27. The standard InChI is InChI=1S/C19H20N4O3S/c1-13-2-3-17(27-13)14-8-15-10-22(6-7-26-19(15)16(24)9-14)18(25)4-5-23-12-20-11-21-23/h2-3,8-9,11-12,24H,4-7,10H2,1H3. The number of nitrogens with zero attached hydrogens (tertiary/aromatic N) is 4. The molecule has 0 spiro atoms. The predicted molar refractivity (Wildman–Crippen MR) is 102 cm³/mol. The molecule has 7 nitrogen and oxygen atoms in total. The predicted octanol–water partition coefficient (Wildman–Crippen LogP) is 2.83. The Morgan fingerprint density at radius 1 is 1.37 bits per heavy atom. The third kappa shape index (κ3) is 3.80. The number of hydrogen-bond acceptors (Lipinski definition) is 6. The number of fused-ring (bicyclic) bond motifs is 1. The number of phenolic OH excluding ortho intramolecular Hbond substituents is 1. The topological polar surface area (TPSA) is 80.5 Å². The van der Waals surface area contributed by atoms with Gasteiger partial charge in [-0.25, -0.2) is 4.98 Å². The number of ether oxygens (including phenoxy) is 1. The van der Waals surface area contributed by atoms with Gasteiger partial charge in [0.25, 0.3) is 0 Å². The Morgan fingerprint density at radius 2 is 2.26 bits per heavy atom. The molecule has 8 heteroatoms. The van der Waals surface area contributed by atoms with Crippen LogP contribution in [0, 0.1) is 6.92 Å². The molecular formula is C19H20N4O3S. The van der Waals surface area contributed by atoms with Crippen molar-refractivity contribution < 1.29 is 14.6 Å². The summed E-state index contributed by atoms with van der Waals surface area (Å²) in [7, 11) is 0. The van der Waals surface area contributed by atoms with Gasteiger partial charge >= 0.3 is 0 Å². The number of thiophene rings is 1. The summed E-state index contributed by atoms with van der Waals surface area (Å²) in [5.41, 5.74) is 1.76. The molecule has 0 aliphatic carbocycles. The van der Waals surface area contributed by atoms with Crippen molar-refractivity contribution in [3.63, 3.8) is 0 Å². The highest BCUT2D eigenvalue weighted by Crippen LogP contribution is 2.39. The Labute approximate surface area is 160 Å². The molecule has 140 valence electrons. The van der Waals surface area contributed by atoms with Gasteiger partial charge in [-0.05, 0) is 36.8 Å². The quantitative estimate of drug-likeness (QED) is 0.748. The van der Waals surface area contributed by atoms with Crippen molar-refractivity contribution in [1.29, 1.82) is 0 Å². The van der Waals surface area contributed by atoms with E-state index in [1.807, 2.05) is 12.1 Å². The third-order valence-corrected chi connectivity index (χ3v) is 5.56. The van der Waals surface area contributed by atoms with Crippen molar-refractivity contribution in [2.24, 2.45) is 0 Å². The van der Waals surface area contributed by atoms with Crippen molar-refractivity contribution in [2.45, 2.75) is 26.4 Å². The van der Waals surface area contributed by atoms with E-state index in [0.717, 1.165) is 16.0 Å². The summed E-state index contributed by atoms with van der Waals surface area (Å²) in [6.45, 7) is 3.79. The molecule has 1 N–H and O–H groups in total. The van der Waals surface area contributed by atoms with Crippen molar-refractivity contribution >= 4 is 17.2 Å². The fourth-order valence-corrected chi connectivity index (χ4v) is 4.01. The summed E-state index contributed by atoms with van der Waals surface area (Å²) >= 11 is 1.67. The van der Waals surface area contributed by atoms with E-state index < -0.39 is 0 Å². The summed E-state index contributed by atoms with van der Waals surface area (Å²) in [6, 6.07) is 7.83. The summed E-state index contributed by atoms with van der Waals surface area (Å²) in [5.74, 6) is 0.614. The molecule has 0 unspecified atom stereocenters. The van der Waals surface area contributed by atoms with Crippen molar-refractivity contribution in [3.8, 4) is 21.9 Å². The van der Waals surface area contributed by atoms with Gasteiger partial charge in [-0.15, -0.1) is 11.3 Å². The van der Waals surface area contributed by atoms with Gasteiger partial charge in [-0.1, -0.05) is 0 Å². The van der Waals surface area contributed by atoms with Gasteiger partial charge in [-0.3, -0.25) is 9.48 Å². The van der Waals surface area contributed by atoms with E-state index in [-0.39, 0.29) is 11.7 Å². The Morgan fingerprint density at radius 3 is 3.00 bits per heavy atom. The maximum absolute atomic E-state index is 12.6. The van der Waals surface area contributed by atoms with E-state index in [0.29, 0.717) is 38.4 Å². The van der Waals surface area contributed by atoms with Gasteiger partial charge in [0.2, 0.25) is 5.91 Å². The summed E-state index contributed by atoms with van der Waals surface area (Å²) in [4.78, 5) is 20.6. The molecule has 1 aliphatic rings. The first-order valence-electron chi connectivity index (χ1n) is 8.76. The van der Waals surface area contributed by atoms with E-state index in [2.05, 4.69) is 23.1 Å². The molecule has 2 aromatic heterocycles. The van der Waals surface area contributed by atoms with Crippen LogP contribution in [0.5, 0.6) is 11.5 Å². The number of phenols is 1. The van der Waals surface area contributed by atoms with Crippen LogP contribution in [0.4, 0.5) is 0 Å². The number of amides is 1. The Balaban J connectivity index is 1.55. The molecule has 0 saturated carbocycles. The minimum absolute atomic E-state index is 0.0267. The lowest BCUT2D eigenvalue weighted by Gasteiger charge is -2.20. The first kappa shape index (κ1) is 17.5. The number of hydrogen-bond donors (Lipinski definition) is 1. The van der Waals surface area contributed by atoms with Crippen LogP contribution in [0.2, 0.25) is 0 Å². The van der Waals surface area contributed by atoms with E-state index in [4.69, 9.17) is 4.74 Å². The Bertz CT molecular complexity index is 952. The fourth-order valence-electron chi connectivity index (χ4n) is 3.16. The molecule has 4 rings (SSSR count). The van der Waals surface area contributed by atoms with Crippen LogP contribution in [0.3, 0.4) is 0 Å². The number of aromatic hydroxyl groups is 1. The zero-order valence-electron chi connectivity index (χ0n) is 15.0. The van der Waals surface area contributed by atoms with Crippen LogP contribution in [-0.2, 0) is 17.9 Å². The molecule has 0 radical (unpaired) electrons. The lowest BCUT2D eigenvalue weighted by Crippen LogP contribution is -2.33. The molecule has 0 bridgehead atoms. The molecule has 0 fully saturated rings. The summed E-state index contributed by atoms with van der Waals surface area (Å²) < 4.78 is 7.38. The number of benzene rings is 1. The second-order valence-electron chi connectivity index (χ2n) is 6.47.